The van der Waals surface area contributed by atoms with Crippen molar-refractivity contribution in [3.63, 3.8) is 0 Å². The Morgan fingerprint density at radius 1 is 1.21 bits per heavy atom. The van der Waals surface area contributed by atoms with Crippen LogP contribution in [0.2, 0.25) is 0 Å². The predicted molar refractivity (Wildman–Crippen MR) is 94.2 cm³/mol. The van der Waals surface area contributed by atoms with Crippen molar-refractivity contribution in [3.8, 4) is 0 Å². The molecule has 0 fully saturated rings. The van der Waals surface area contributed by atoms with Gasteiger partial charge in [-0.15, -0.1) is 0 Å². The molecule has 1 aromatic carbocycles. The lowest BCUT2D eigenvalue weighted by Crippen LogP contribution is -2.09. The van der Waals surface area contributed by atoms with E-state index in [4.69, 9.17) is 4.74 Å². The van der Waals surface area contributed by atoms with Crippen LogP contribution >= 0.6 is 0 Å². The Balaban J connectivity index is 2.13. The first-order valence-corrected chi connectivity index (χ1v) is 8.40. The Morgan fingerprint density at radius 2 is 1.96 bits per heavy atom. The van der Waals surface area contributed by atoms with E-state index in [2.05, 4.69) is 35.1 Å². The lowest BCUT2D eigenvalue weighted by atomic mass is 9.89. The van der Waals surface area contributed by atoms with Gasteiger partial charge < -0.3 is 4.74 Å². The molecule has 0 spiro atoms. The summed E-state index contributed by atoms with van der Waals surface area (Å²) in [4.78, 5) is 20.4. The number of methoxy groups -OCH3 is 1. The Bertz CT molecular complexity index is 753. The van der Waals surface area contributed by atoms with Gasteiger partial charge in [0, 0.05) is 23.9 Å². The molecule has 0 aliphatic heterocycles. The number of unbranched alkanes of at least 4 members (excludes halogenated alkanes) is 1. The van der Waals surface area contributed by atoms with Crippen molar-refractivity contribution >= 4 is 17.1 Å². The highest BCUT2D eigenvalue weighted by molar-refractivity contribution is 6.00. The van der Waals surface area contributed by atoms with Gasteiger partial charge in [-0.1, -0.05) is 37.6 Å². The standard InChI is InChI=1S/C20H22N2O2/c1-3-4-7-17-15-8-5-6-9-16(15)18(10-19(23)24-2)20(17)14-11-21-13-22-12-14/h5-6,8-9,11-13,18H,3-4,7,10H2,1-2H3. The number of aromatic nitrogens is 2. The van der Waals surface area contributed by atoms with Crippen LogP contribution in [-0.2, 0) is 9.53 Å². The number of carbonyl (C=O) groups is 1. The summed E-state index contributed by atoms with van der Waals surface area (Å²) >= 11 is 0. The summed E-state index contributed by atoms with van der Waals surface area (Å²) in [6, 6.07) is 8.36. The summed E-state index contributed by atoms with van der Waals surface area (Å²) in [6.07, 6.45) is 8.79. The molecular weight excluding hydrogens is 300 g/mol. The quantitative estimate of drug-likeness (QED) is 0.747. The van der Waals surface area contributed by atoms with Crippen LogP contribution in [0.5, 0.6) is 0 Å². The topological polar surface area (TPSA) is 52.1 Å². The maximum Gasteiger partial charge on any atom is 0.306 e. The smallest absolute Gasteiger partial charge is 0.306 e. The van der Waals surface area contributed by atoms with E-state index in [-0.39, 0.29) is 11.9 Å². The molecule has 1 aliphatic rings. The first-order chi connectivity index (χ1) is 11.8. The number of ether oxygens (including phenoxy) is 1. The molecule has 1 unspecified atom stereocenters. The molecule has 1 aliphatic carbocycles. The third kappa shape index (κ3) is 3.09. The van der Waals surface area contributed by atoms with Crippen LogP contribution in [-0.4, -0.2) is 23.0 Å². The molecule has 0 amide bonds. The first-order valence-electron chi connectivity index (χ1n) is 8.40. The minimum Gasteiger partial charge on any atom is -0.469 e. The lowest BCUT2D eigenvalue weighted by Gasteiger charge is -2.16. The molecule has 2 aromatic rings. The van der Waals surface area contributed by atoms with Gasteiger partial charge in [0.05, 0.1) is 13.5 Å². The number of carbonyl (C=O) groups excluding carboxylic acids is 1. The van der Waals surface area contributed by atoms with Crippen LogP contribution in [0.1, 0.15) is 55.2 Å². The number of hydrogen-bond donors (Lipinski definition) is 0. The van der Waals surface area contributed by atoms with Crippen molar-refractivity contribution in [2.75, 3.05) is 7.11 Å². The van der Waals surface area contributed by atoms with Gasteiger partial charge in [0.1, 0.15) is 6.33 Å². The molecule has 0 saturated carbocycles. The number of nitrogens with zero attached hydrogens (tertiary/aromatic N) is 2. The largest absolute Gasteiger partial charge is 0.469 e. The zero-order chi connectivity index (χ0) is 16.9. The Kier molecular flexibility index (Phi) is 5.04. The van der Waals surface area contributed by atoms with Gasteiger partial charge in [-0.25, -0.2) is 9.97 Å². The summed E-state index contributed by atoms with van der Waals surface area (Å²) in [6.45, 7) is 2.19. The van der Waals surface area contributed by atoms with Crippen molar-refractivity contribution < 1.29 is 9.53 Å². The number of fused-ring (bicyclic) bond motifs is 1. The highest BCUT2D eigenvalue weighted by Gasteiger charge is 2.33. The van der Waals surface area contributed by atoms with Gasteiger partial charge >= 0.3 is 5.97 Å². The summed E-state index contributed by atoms with van der Waals surface area (Å²) in [5, 5.41) is 0. The average molecular weight is 322 g/mol. The fraction of sp³-hybridized carbons (Fsp3) is 0.350. The minimum absolute atomic E-state index is 0.00602. The van der Waals surface area contributed by atoms with E-state index >= 15 is 0 Å². The highest BCUT2D eigenvalue weighted by atomic mass is 16.5. The third-order valence-electron chi connectivity index (χ3n) is 4.59. The maximum absolute atomic E-state index is 12.0. The molecule has 1 heterocycles. The molecule has 24 heavy (non-hydrogen) atoms. The van der Waals surface area contributed by atoms with Gasteiger partial charge in [0.25, 0.3) is 0 Å². The van der Waals surface area contributed by atoms with Gasteiger partial charge in [-0.05, 0) is 35.1 Å². The summed E-state index contributed by atoms with van der Waals surface area (Å²) in [5.74, 6) is -0.188. The Hall–Kier alpha value is -2.49. The molecule has 1 aromatic heterocycles. The number of allylic oxidation sites excluding steroid dienone is 2. The van der Waals surface area contributed by atoms with E-state index < -0.39 is 0 Å². The van der Waals surface area contributed by atoms with Crippen molar-refractivity contribution in [1.82, 2.24) is 9.97 Å². The summed E-state index contributed by atoms with van der Waals surface area (Å²) < 4.78 is 4.93. The van der Waals surface area contributed by atoms with E-state index in [0.717, 1.165) is 24.8 Å². The van der Waals surface area contributed by atoms with Crippen molar-refractivity contribution in [1.29, 1.82) is 0 Å². The molecule has 0 saturated heterocycles. The van der Waals surface area contributed by atoms with Crippen molar-refractivity contribution in [2.24, 2.45) is 0 Å². The summed E-state index contributed by atoms with van der Waals surface area (Å²) in [7, 11) is 1.44. The molecule has 4 heteroatoms. The molecule has 3 rings (SSSR count). The fourth-order valence-corrected chi connectivity index (χ4v) is 3.49. The highest BCUT2D eigenvalue weighted by Crippen LogP contribution is 2.50. The Morgan fingerprint density at radius 3 is 2.67 bits per heavy atom. The van der Waals surface area contributed by atoms with Gasteiger partial charge in [-0.2, -0.15) is 0 Å². The molecule has 0 bridgehead atoms. The third-order valence-corrected chi connectivity index (χ3v) is 4.59. The van der Waals surface area contributed by atoms with Crippen molar-refractivity contribution in [3.05, 3.63) is 59.7 Å². The monoisotopic (exact) mass is 322 g/mol. The second kappa shape index (κ2) is 7.39. The van der Waals surface area contributed by atoms with Crippen LogP contribution in [0.25, 0.3) is 11.1 Å². The van der Waals surface area contributed by atoms with Gasteiger partial charge in [0.15, 0.2) is 0 Å². The van der Waals surface area contributed by atoms with E-state index in [9.17, 15) is 4.79 Å². The molecule has 1 atom stereocenters. The van der Waals surface area contributed by atoms with Gasteiger partial charge in [0.2, 0.25) is 0 Å². The van der Waals surface area contributed by atoms with Crippen LogP contribution in [0.4, 0.5) is 0 Å². The molecule has 4 nitrogen and oxygen atoms in total. The zero-order valence-corrected chi connectivity index (χ0v) is 14.2. The number of benzene rings is 1. The van der Waals surface area contributed by atoms with Crippen molar-refractivity contribution in [2.45, 2.75) is 38.5 Å². The molecule has 0 N–H and O–H groups in total. The number of rotatable bonds is 6. The summed E-state index contributed by atoms with van der Waals surface area (Å²) in [5.41, 5.74) is 5.94. The predicted octanol–water partition coefficient (Wildman–Crippen LogP) is 4.24. The normalized spacial score (nSPS) is 16.2. The van der Waals surface area contributed by atoms with Crippen LogP contribution in [0, 0.1) is 0 Å². The second-order valence-electron chi connectivity index (χ2n) is 6.04. The molecular formula is C20H22N2O2. The fourth-order valence-electron chi connectivity index (χ4n) is 3.49. The average Bonchev–Trinajstić information content (AvgIpc) is 2.94. The van der Waals surface area contributed by atoms with Crippen LogP contribution < -0.4 is 0 Å². The number of esters is 1. The van der Waals surface area contributed by atoms with E-state index in [1.54, 1.807) is 0 Å². The van der Waals surface area contributed by atoms with E-state index in [1.165, 1.54) is 35.7 Å². The zero-order valence-electron chi connectivity index (χ0n) is 14.2. The maximum atomic E-state index is 12.0. The number of hydrogen-bond acceptors (Lipinski definition) is 4. The van der Waals surface area contributed by atoms with Crippen LogP contribution in [0.3, 0.4) is 0 Å². The van der Waals surface area contributed by atoms with E-state index in [1.807, 2.05) is 18.5 Å². The van der Waals surface area contributed by atoms with Gasteiger partial charge in [-0.3, -0.25) is 4.79 Å². The second-order valence-corrected chi connectivity index (χ2v) is 6.04. The lowest BCUT2D eigenvalue weighted by molar-refractivity contribution is -0.140. The van der Waals surface area contributed by atoms with Crippen LogP contribution in [0.15, 0.2) is 43.0 Å². The SMILES string of the molecule is CCCCC1=C(c2cncnc2)C(CC(=O)OC)c2ccccc21. The first kappa shape index (κ1) is 16.4. The molecule has 124 valence electrons. The van der Waals surface area contributed by atoms with E-state index in [0.29, 0.717) is 6.42 Å². The Labute approximate surface area is 142 Å². The molecule has 0 radical (unpaired) electrons. The minimum atomic E-state index is -0.194.